The lowest BCUT2D eigenvalue weighted by molar-refractivity contribution is -0.00611. The van der Waals surface area contributed by atoms with Crippen LogP contribution >= 0.6 is 0 Å². The van der Waals surface area contributed by atoms with Crippen LogP contribution in [0.4, 0.5) is 0 Å². The molecule has 1 N–H and O–H groups in total. The van der Waals surface area contributed by atoms with E-state index in [-0.39, 0.29) is 0 Å². The summed E-state index contributed by atoms with van der Waals surface area (Å²) in [6.45, 7) is 16.2. The van der Waals surface area contributed by atoms with Gasteiger partial charge in [0.25, 0.3) is 0 Å². The topological polar surface area (TPSA) is 15.3 Å². The van der Waals surface area contributed by atoms with Crippen molar-refractivity contribution in [2.24, 2.45) is 0 Å². The van der Waals surface area contributed by atoms with Crippen LogP contribution in [-0.2, 0) is 0 Å². The predicted molar refractivity (Wildman–Crippen MR) is 67.2 cm³/mol. The Morgan fingerprint density at radius 1 is 1.20 bits per heavy atom. The molecule has 0 aromatic rings. The Hall–Kier alpha value is -0.0800. The third-order valence-electron chi connectivity index (χ3n) is 4.27. The van der Waals surface area contributed by atoms with Gasteiger partial charge >= 0.3 is 0 Å². The fourth-order valence-corrected chi connectivity index (χ4v) is 2.50. The third-order valence-corrected chi connectivity index (χ3v) is 4.27. The summed E-state index contributed by atoms with van der Waals surface area (Å²) < 4.78 is 0. The van der Waals surface area contributed by atoms with Crippen molar-refractivity contribution in [3.8, 4) is 0 Å². The lowest BCUT2D eigenvalue weighted by Crippen LogP contribution is -2.69. The molecule has 0 spiro atoms. The Labute approximate surface area is 95.4 Å². The first-order chi connectivity index (χ1) is 6.87. The SMILES string of the molecule is CCC1(C)CN(C(C)C)C(C)(CC)CN1. The van der Waals surface area contributed by atoms with Gasteiger partial charge in [-0.1, -0.05) is 13.8 Å². The van der Waals surface area contributed by atoms with Crippen molar-refractivity contribution < 1.29 is 0 Å². The van der Waals surface area contributed by atoms with Crippen LogP contribution in [0.2, 0.25) is 0 Å². The second kappa shape index (κ2) is 4.42. The van der Waals surface area contributed by atoms with E-state index in [9.17, 15) is 0 Å². The Morgan fingerprint density at radius 3 is 2.20 bits per heavy atom. The van der Waals surface area contributed by atoms with Crippen LogP contribution in [0, 0.1) is 0 Å². The number of piperazine rings is 1. The first kappa shape index (κ1) is 13.0. The summed E-state index contributed by atoms with van der Waals surface area (Å²) in [6.07, 6.45) is 2.42. The molecule has 2 atom stereocenters. The zero-order valence-electron chi connectivity index (χ0n) is 11.4. The zero-order valence-corrected chi connectivity index (χ0v) is 11.4. The molecular weight excluding hydrogens is 184 g/mol. The van der Waals surface area contributed by atoms with Gasteiger partial charge in [-0.05, 0) is 40.5 Å². The number of hydrogen-bond acceptors (Lipinski definition) is 2. The van der Waals surface area contributed by atoms with E-state index >= 15 is 0 Å². The van der Waals surface area contributed by atoms with E-state index in [1.165, 1.54) is 19.4 Å². The molecular formula is C13H28N2. The maximum absolute atomic E-state index is 3.73. The van der Waals surface area contributed by atoms with Crippen LogP contribution in [0.25, 0.3) is 0 Å². The third kappa shape index (κ3) is 2.54. The first-order valence-corrected chi connectivity index (χ1v) is 6.38. The highest BCUT2D eigenvalue weighted by Crippen LogP contribution is 2.29. The van der Waals surface area contributed by atoms with E-state index in [1.807, 2.05) is 0 Å². The maximum Gasteiger partial charge on any atom is 0.0306 e. The highest BCUT2D eigenvalue weighted by atomic mass is 15.3. The predicted octanol–water partition coefficient (Wildman–Crippen LogP) is 2.64. The van der Waals surface area contributed by atoms with Gasteiger partial charge < -0.3 is 5.32 Å². The van der Waals surface area contributed by atoms with Crippen molar-refractivity contribution in [1.82, 2.24) is 10.2 Å². The van der Waals surface area contributed by atoms with Gasteiger partial charge in [0.1, 0.15) is 0 Å². The molecule has 2 nitrogen and oxygen atoms in total. The van der Waals surface area contributed by atoms with Gasteiger partial charge in [-0.3, -0.25) is 4.90 Å². The van der Waals surface area contributed by atoms with Crippen molar-refractivity contribution in [3.05, 3.63) is 0 Å². The zero-order chi connectivity index (χ0) is 11.7. The molecule has 0 aromatic carbocycles. The molecule has 1 heterocycles. The molecule has 0 bridgehead atoms. The molecule has 15 heavy (non-hydrogen) atoms. The monoisotopic (exact) mass is 212 g/mol. The number of nitrogens with one attached hydrogen (secondary N) is 1. The summed E-state index contributed by atoms with van der Waals surface area (Å²) in [6, 6.07) is 0.642. The van der Waals surface area contributed by atoms with E-state index in [0.717, 1.165) is 6.54 Å². The molecule has 1 aliphatic heterocycles. The second-order valence-electron chi connectivity index (χ2n) is 5.84. The summed E-state index contributed by atoms with van der Waals surface area (Å²) in [4.78, 5) is 2.67. The van der Waals surface area contributed by atoms with Crippen molar-refractivity contribution >= 4 is 0 Å². The largest absolute Gasteiger partial charge is 0.308 e. The summed E-state index contributed by atoms with van der Waals surface area (Å²) in [7, 11) is 0. The van der Waals surface area contributed by atoms with E-state index in [1.54, 1.807) is 0 Å². The fourth-order valence-electron chi connectivity index (χ4n) is 2.50. The molecule has 1 fully saturated rings. The lowest BCUT2D eigenvalue weighted by atomic mass is 9.84. The number of hydrogen-bond donors (Lipinski definition) is 1. The van der Waals surface area contributed by atoms with E-state index in [4.69, 9.17) is 0 Å². The Morgan fingerprint density at radius 2 is 1.80 bits per heavy atom. The minimum atomic E-state index is 0.305. The lowest BCUT2D eigenvalue weighted by Gasteiger charge is -2.54. The molecule has 0 radical (unpaired) electrons. The summed E-state index contributed by atoms with van der Waals surface area (Å²) in [5, 5.41) is 3.73. The van der Waals surface area contributed by atoms with Crippen LogP contribution in [0.3, 0.4) is 0 Å². The fraction of sp³-hybridized carbons (Fsp3) is 1.00. The average molecular weight is 212 g/mol. The van der Waals surface area contributed by atoms with Crippen molar-refractivity contribution in [1.29, 1.82) is 0 Å². The molecule has 0 aromatic heterocycles. The van der Waals surface area contributed by atoms with Gasteiger partial charge in [0.2, 0.25) is 0 Å². The molecule has 0 aliphatic carbocycles. The molecule has 1 rings (SSSR count). The molecule has 1 aliphatic rings. The van der Waals surface area contributed by atoms with Crippen LogP contribution in [0.1, 0.15) is 54.4 Å². The molecule has 90 valence electrons. The maximum atomic E-state index is 3.73. The van der Waals surface area contributed by atoms with Crippen molar-refractivity contribution in [3.63, 3.8) is 0 Å². The van der Waals surface area contributed by atoms with Gasteiger partial charge in [0, 0.05) is 30.2 Å². The van der Waals surface area contributed by atoms with Crippen molar-refractivity contribution in [2.45, 2.75) is 71.5 Å². The van der Waals surface area contributed by atoms with Crippen LogP contribution in [0.5, 0.6) is 0 Å². The Kier molecular flexibility index (Phi) is 3.83. The minimum Gasteiger partial charge on any atom is -0.308 e. The Balaban J connectivity index is 2.83. The van der Waals surface area contributed by atoms with E-state index in [0.29, 0.717) is 17.1 Å². The molecule has 1 saturated heterocycles. The smallest absolute Gasteiger partial charge is 0.0306 e. The molecule has 0 saturated carbocycles. The molecule has 2 heteroatoms. The van der Waals surface area contributed by atoms with Gasteiger partial charge in [-0.15, -0.1) is 0 Å². The van der Waals surface area contributed by atoms with Crippen molar-refractivity contribution in [2.75, 3.05) is 13.1 Å². The van der Waals surface area contributed by atoms with Gasteiger partial charge in [-0.2, -0.15) is 0 Å². The first-order valence-electron chi connectivity index (χ1n) is 6.38. The van der Waals surface area contributed by atoms with Gasteiger partial charge in [-0.25, -0.2) is 0 Å². The highest BCUT2D eigenvalue weighted by Gasteiger charge is 2.41. The summed E-state index contributed by atoms with van der Waals surface area (Å²) >= 11 is 0. The summed E-state index contributed by atoms with van der Waals surface area (Å²) in [5.41, 5.74) is 0.641. The average Bonchev–Trinajstić information content (AvgIpc) is 2.22. The van der Waals surface area contributed by atoms with Gasteiger partial charge in [0.15, 0.2) is 0 Å². The van der Waals surface area contributed by atoms with Crippen LogP contribution in [0.15, 0.2) is 0 Å². The number of rotatable bonds is 3. The van der Waals surface area contributed by atoms with Crippen LogP contribution < -0.4 is 5.32 Å². The Bertz CT molecular complexity index is 215. The molecule has 0 amide bonds. The quantitative estimate of drug-likeness (QED) is 0.773. The highest BCUT2D eigenvalue weighted by molar-refractivity contribution is 5.01. The second-order valence-corrected chi connectivity index (χ2v) is 5.84. The van der Waals surface area contributed by atoms with Crippen LogP contribution in [-0.4, -0.2) is 35.1 Å². The normalized spacial score (nSPS) is 38.6. The van der Waals surface area contributed by atoms with E-state index < -0.39 is 0 Å². The van der Waals surface area contributed by atoms with E-state index in [2.05, 4.69) is 51.8 Å². The molecule has 2 unspecified atom stereocenters. The van der Waals surface area contributed by atoms with Gasteiger partial charge in [0.05, 0.1) is 0 Å². The minimum absolute atomic E-state index is 0.305. The standard InChI is InChI=1S/C13H28N2/c1-7-12(5)10-15(11(3)4)13(6,8-2)9-14-12/h11,14H,7-10H2,1-6H3. The number of nitrogens with zero attached hydrogens (tertiary/aromatic N) is 1. The summed E-state index contributed by atoms with van der Waals surface area (Å²) in [5.74, 6) is 0.